The zero-order valence-corrected chi connectivity index (χ0v) is 22.8. The van der Waals surface area contributed by atoms with Crippen LogP contribution in [-0.4, -0.2) is 45.9 Å². The number of oxime groups is 1. The van der Waals surface area contributed by atoms with Gasteiger partial charge in [-0.2, -0.15) is 0 Å². The third-order valence-electron chi connectivity index (χ3n) is 6.41. The molecule has 0 aromatic heterocycles. The molecule has 0 bridgehead atoms. The van der Waals surface area contributed by atoms with Gasteiger partial charge in [-0.05, 0) is 48.1 Å². The van der Waals surface area contributed by atoms with Gasteiger partial charge in [0.25, 0.3) is 5.91 Å². The molecule has 0 atom stereocenters. The normalized spacial score (nSPS) is 15.0. The Morgan fingerprint density at radius 1 is 0.878 bits per heavy atom. The zero-order valence-electron chi connectivity index (χ0n) is 22.8. The lowest BCUT2D eigenvalue weighted by atomic mass is 10.00. The van der Waals surface area contributed by atoms with Gasteiger partial charge in [0.1, 0.15) is 17.1 Å². The highest BCUT2D eigenvalue weighted by atomic mass is 16.6. The molecule has 2 N–H and O–H groups in total. The van der Waals surface area contributed by atoms with Gasteiger partial charge in [0.15, 0.2) is 6.61 Å². The molecule has 1 amide bonds. The van der Waals surface area contributed by atoms with Crippen LogP contribution in [0, 0.1) is 0 Å². The molecule has 0 spiro atoms. The number of carbonyl (C=O) groups is 2. The summed E-state index contributed by atoms with van der Waals surface area (Å²) >= 11 is 0. The van der Waals surface area contributed by atoms with Crippen LogP contribution in [0.2, 0.25) is 0 Å². The number of allylic oxidation sites excluding steroid dienone is 3. The molecule has 8 nitrogen and oxygen atoms in total. The van der Waals surface area contributed by atoms with Gasteiger partial charge in [0.05, 0.1) is 12.3 Å². The summed E-state index contributed by atoms with van der Waals surface area (Å²) in [5.41, 5.74) is 2.69. The van der Waals surface area contributed by atoms with Gasteiger partial charge in [-0.1, -0.05) is 84.0 Å². The van der Waals surface area contributed by atoms with Crippen molar-refractivity contribution >= 4 is 17.6 Å². The second kappa shape index (κ2) is 15.1. The molecule has 212 valence electrons. The summed E-state index contributed by atoms with van der Waals surface area (Å²) in [4.78, 5) is 33.3. The number of ether oxygens (including phenoxy) is 1. The van der Waals surface area contributed by atoms with Gasteiger partial charge >= 0.3 is 5.97 Å². The summed E-state index contributed by atoms with van der Waals surface area (Å²) in [7, 11) is 0. The lowest BCUT2D eigenvalue weighted by Gasteiger charge is -2.22. The van der Waals surface area contributed by atoms with E-state index in [1.165, 1.54) is 6.07 Å². The molecular weight excluding hydrogens is 520 g/mol. The van der Waals surface area contributed by atoms with Crippen LogP contribution in [0.1, 0.15) is 46.3 Å². The first-order valence-electron chi connectivity index (χ1n) is 13.6. The van der Waals surface area contributed by atoms with Gasteiger partial charge in [0.2, 0.25) is 0 Å². The van der Waals surface area contributed by atoms with E-state index in [-0.39, 0.29) is 42.6 Å². The number of hydrogen-bond acceptors (Lipinski definition) is 7. The first kappa shape index (κ1) is 29.1. The number of fused-ring (bicyclic) bond motifs is 1. The predicted octanol–water partition coefficient (Wildman–Crippen LogP) is 5.70. The number of rotatable bonds is 7. The molecule has 8 heteroatoms. The third kappa shape index (κ3) is 9.10. The van der Waals surface area contributed by atoms with Crippen LogP contribution in [0.5, 0.6) is 11.5 Å². The van der Waals surface area contributed by atoms with Crippen LogP contribution in [-0.2, 0) is 33.9 Å². The van der Waals surface area contributed by atoms with Crippen molar-refractivity contribution in [1.82, 2.24) is 4.90 Å². The number of esters is 1. The molecule has 0 radical (unpaired) electrons. The van der Waals surface area contributed by atoms with Crippen LogP contribution >= 0.6 is 0 Å². The molecule has 0 fully saturated rings. The van der Waals surface area contributed by atoms with Gasteiger partial charge in [-0.3, -0.25) is 4.79 Å². The standard InChI is InChI=1S/C33H34N2O6/c36-29-20-27-19-28(17-11-3-1-2-4-12-18-40-33(39)32(27)30(37)21-29)34-41-24-31(38)35(22-25-13-7-5-8-14-25)23-26-15-9-6-10-16-26/h2,4-11,13-17,20-21,36-37H,1,3,12,18-19,22-24H2. The number of amides is 1. The van der Waals surface area contributed by atoms with Gasteiger partial charge in [0, 0.05) is 25.6 Å². The first-order chi connectivity index (χ1) is 20.0. The largest absolute Gasteiger partial charge is 0.508 e. The van der Waals surface area contributed by atoms with Gasteiger partial charge < -0.3 is 24.7 Å². The quantitative estimate of drug-likeness (QED) is 0.221. The van der Waals surface area contributed by atoms with E-state index in [0.717, 1.165) is 30.0 Å². The van der Waals surface area contributed by atoms with Crippen molar-refractivity contribution in [3.63, 3.8) is 0 Å². The Morgan fingerprint density at radius 2 is 1.51 bits per heavy atom. The molecule has 4 rings (SSSR count). The van der Waals surface area contributed by atoms with Crippen molar-refractivity contribution in [2.75, 3.05) is 13.2 Å². The van der Waals surface area contributed by atoms with Crippen LogP contribution < -0.4 is 0 Å². The average Bonchev–Trinajstić information content (AvgIpc) is 2.96. The Kier molecular flexibility index (Phi) is 10.7. The number of benzene rings is 3. The Hall–Kier alpha value is -4.85. The van der Waals surface area contributed by atoms with E-state index in [2.05, 4.69) is 5.16 Å². The van der Waals surface area contributed by atoms with E-state index < -0.39 is 5.97 Å². The van der Waals surface area contributed by atoms with Crippen molar-refractivity contribution in [1.29, 1.82) is 0 Å². The number of phenols is 2. The molecule has 1 heterocycles. The molecule has 3 aromatic carbocycles. The summed E-state index contributed by atoms with van der Waals surface area (Å²) < 4.78 is 5.33. The van der Waals surface area contributed by atoms with Crippen molar-refractivity contribution in [3.8, 4) is 11.5 Å². The van der Waals surface area contributed by atoms with Crippen molar-refractivity contribution in [2.45, 2.75) is 38.8 Å². The fourth-order valence-corrected chi connectivity index (χ4v) is 4.40. The molecule has 41 heavy (non-hydrogen) atoms. The molecule has 1 aliphatic rings. The maximum atomic E-state index is 13.3. The van der Waals surface area contributed by atoms with Gasteiger partial charge in [-0.25, -0.2) is 4.79 Å². The van der Waals surface area contributed by atoms with E-state index >= 15 is 0 Å². The molecule has 1 aliphatic heterocycles. The van der Waals surface area contributed by atoms with E-state index in [1.807, 2.05) is 78.9 Å². The van der Waals surface area contributed by atoms with E-state index in [1.54, 1.807) is 11.0 Å². The Bertz CT molecular complexity index is 1360. The number of nitrogens with zero attached hydrogens (tertiary/aromatic N) is 2. The van der Waals surface area contributed by atoms with Gasteiger partial charge in [-0.15, -0.1) is 0 Å². The maximum absolute atomic E-state index is 13.3. The van der Waals surface area contributed by atoms with Crippen LogP contribution in [0.3, 0.4) is 0 Å². The highest BCUT2D eigenvalue weighted by molar-refractivity contribution is 6.00. The minimum Gasteiger partial charge on any atom is -0.508 e. The number of carbonyl (C=O) groups excluding carboxylic acids is 2. The summed E-state index contributed by atoms with van der Waals surface area (Å²) in [5, 5.41) is 24.8. The lowest BCUT2D eigenvalue weighted by Crippen LogP contribution is -2.32. The Morgan fingerprint density at radius 3 is 2.20 bits per heavy atom. The highest BCUT2D eigenvalue weighted by Gasteiger charge is 2.21. The molecular formula is C33H34N2O6. The SMILES string of the molecule is O=C1OCCC=CCCC=CC(=NOCC(=O)N(Cc2ccccc2)Cc2ccccc2)Cc2cc(O)cc(O)c21. The van der Waals surface area contributed by atoms with Crippen LogP contribution in [0.25, 0.3) is 0 Å². The third-order valence-corrected chi connectivity index (χ3v) is 6.41. The highest BCUT2D eigenvalue weighted by Crippen LogP contribution is 2.29. The van der Waals surface area contributed by atoms with E-state index in [0.29, 0.717) is 30.8 Å². The fraction of sp³-hybridized carbons (Fsp3) is 0.242. The molecule has 3 aromatic rings. The topological polar surface area (TPSA) is 109 Å². The minimum absolute atomic E-state index is 0.0436. The number of phenolic OH excluding ortho intramolecular Hbond substituents is 2. The Balaban J connectivity index is 1.54. The Labute approximate surface area is 239 Å². The summed E-state index contributed by atoms with van der Waals surface area (Å²) in [6, 6.07) is 21.9. The van der Waals surface area contributed by atoms with Crippen LogP contribution in [0.15, 0.2) is 102 Å². The van der Waals surface area contributed by atoms with E-state index in [9.17, 15) is 19.8 Å². The van der Waals surface area contributed by atoms with E-state index in [4.69, 9.17) is 9.57 Å². The predicted molar refractivity (Wildman–Crippen MR) is 156 cm³/mol. The monoisotopic (exact) mass is 554 g/mol. The molecule has 0 saturated carbocycles. The number of hydrogen-bond donors (Lipinski definition) is 2. The number of cyclic esters (lactones) is 1. The smallest absolute Gasteiger partial charge is 0.342 e. The first-order valence-corrected chi connectivity index (χ1v) is 13.6. The second-order valence-electron chi connectivity index (χ2n) is 9.63. The zero-order chi connectivity index (χ0) is 28.9. The fourth-order valence-electron chi connectivity index (χ4n) is 4.40. The molecule has 0 saturated heterocycles. The molecule has 0 aliphatic carbocycles. The lowest BCUT2D eigenvalue weighted by molar-refractivity contribution is -0.137. The van der Waals surface area contributed by atoms with Crippen molar-refractivity contribution < 1.29 is 29.4 Å². The second-order valence-corrected chi connectivity index (χ2v) is 9.63. The summed E-state index contributed by atoms with van der Waals surface area (Å²) in [6.07, 6.45) is 9.79. The minimum atomic E-state index is -0.695. The van der Waals surface area contributed by atoms with Crippen molar-refractivity contribution in [2.24, 2.45) is 5.16 Å². The maximum Gasteiger partial charge on any atom is 0.342 e. The number of aromatic hydroxyl groups is 2. The average molecular weight is 555 g/mol. The summed E-state index contributed by atoms with van der Waals surface area (Å²) in [5.74, 6) is -1.52. The summed E-state index contributed by atoms with van der Waals surface area (Å²) in [6.45, 7) is 0.700. The van der Waals surface area contributed by atoms with Crippen LogP contribution in [0.4, 0.5) is 0 Å². The van der Waals surface area contributed by atoms with Crippen molar-refractivity contribution in [3.05, 3.63) is 119 Å². The molecule has 0 unspecified atom stereocenters.